The largest absolute Gasteiger partial charge is 0.495 e. The Kier molecular flexibility index (Phi) is 5.20. The Labute approximate surface area is 164 Å². The van der Waals surface area contributed by atoms with Gasteiger partial charge in [0.05, 0.1) is 17.8 Å². The number of methoxy groups -OCH3 is 1. The van der Waals surface area contributed by atoms with E-state index in [2.05, 4.69) is 5.32 Å². The Morgan fingerprint density at radius 2 is 1.80 bits per heavy atom. The lowest BCUT2D eigenvalue weighted by Gasteiger charge is -2.13. The van der Waals surface area contributed by atoms with E-state index >= 15 is 0 Å². The van der Waals surface area contributed by atoms with Gasteiger partial charge < -0.3 is 10.1 Å². The van der Waals surface area contributed by atoms with Crippen molar-refractivity contribution in [2.24, 2.45) is 0 Å². The summed E-state index contributed by atoms with van der Waals surface area (Å²) in [5.74, 6) is 0.120. The van der Waals surface area contributed by atoms with Crippen LogP contribution in [0.1, 0.15) is 5.56 Å². The first-order valence-corrected chi connectivity index (χ1v) is 8.60. The number of benzene rings is 2. The van der Waals surface area contributed by atoms with Crippen LogP contribution in [0.5, 0.6) is 5.75 Å². The average molecular weight is 414 g/mol. The molecule has 1 aliphatic rings. The standard InChI is InChI=1S/C17H11Cl3N2O2S/c1-24-15-9(6-11(19)8-13(15)20)7-14-16(23)22(17(25)21-14)12-4-2-10(18)3-5-12/h2-8H,1H3,(H,21,25)/b14-7-. The Hall–Kier alpha value is -1.79. The fraction of sp³-hybridized carbons (Fsp3) is 0.0588. The van der Waals surface area contributed by atoms with Crippen LogP contribution in [-0.2, 0) is 4.79 Å². The van der Waals surface area contributed by atoms with E-state index in [1.54, 1.807) is 42.5 Å². The van der Waals surface area contributed by atoms with Gasteiger partial charge in [0, 0.05) is 15.6 Å². The summed E-state index contributed by atoms with van der Waals surface area (Å²) in [6.07, 6.45) is 1.60. The highest BCUT2D eigenvalue weighted by Gasteiger charge is 2.32. The van der Waals surface area contributed by atoms with Crippen molar-refractivity contribution in [3.8, 4) is 5.75 Å². The molecule has 128 valence electrons. The molecule has 0 aliphatic carbocycles. The van der Waals surface area contributed by atoms with Crippen LogP contribution in [0.15, 0.2) is 42.1 Å². The number of hydrogen-bond acceptors (Lipinski definition) is 3. The second-order valence-electron chi connectivity index (χ2n) is 5.12. The molecular weight excluding hydrogens is 403 g/mol. The molecule has 0 atom stereocenters. The molecule has 25 heavy (non-hydrogen) atoms. The maximum atomic E-state index is 12.7. The van der Waals surface area contributed by atoms with E-state index in [4.69, 9.17) is 51.8 Å². The van der Waals surface area contributed by atoms with E-state index in [9.17, 15) is 4.79 Å². The summed E-state index contributed by atoms with van der Waals surface area (Å²) in [6.45, 7) is 0. The maximum absolute atomic E-state index is 12.7. The van der Waals surface area contributed by atoms with Crippen molar-refractivity contribution in [1.82, 2.24) is 5.32 Å². The highest BCUT2D eigenvalue weighted by molar-refractivity contribution is 7.80. The van der Waals surface area contributed by atoms with E-state index in [1.807, 2.05) is 0 Å². The minimum absolute atomic E-state index is 0.269. The lowest BCUT2D eigenvalue weighted by atomic mass is 10.1. The normalized spacial score (nSPS) is 15.7. The van der Waals surface area contributed by atoms with Crippen LogP contribution in [0.2, 0.25) is 15.1 Å². The Morgan fingerprint density at radius 1 is 1.12 bits per heavy atom. The fourth-order valence-corrected chi connectivity index (χ4v) is 3.43. The molecule has 1 aliphatic heterocycles. The molecule has 8 heteroatoms. The van der Waals surface area contributed by atoms with Crippen molar-refractivity contribution in [3.63, 3.8) is 0 Å². The molecule has 1 amide bonds. The quantitative estimate of drug-likeness (QED) is 0.573. The number of ether oxygens (including phenoxy) is 1. The third kappa shape index (κ3) is 3.60. The Morgan fingerprint density at radius 3 is 2.44 bits per heavy atom. The van der Waals surface area contributed by atoms with Crippen molar-refractivity contribution in [3.05, 3.63) is 62.7 Å². The van der Waals surface area contributed by atoms with Gasteiger partial charge >= 0.3 is 0 Å². The van der Waals surface area contributed by atoms with Crippen LogP contribution in [-0.4, -0.2) is 18.1 Å². The van der Waals surface area contributed by atoms with Crippen LogP contribution in [0, 0.1) is 0 Å². The van der Waals surface area contributed by atoms with Gasteiger partial charge in [-0.25, -0.2) is 0 Å². The zero-order chi connectivity index (χ0) is 18.1. The molecule has 0 aromatic heterocycles. The first-order chi connectivity index (χ1) is 11.9. The number of carbonyl (C=O) groups excluding carboxylic acids is 1. The number of thiocarbonyl (C=S) groups is 1. The molecule has 3 rings (SSSR count). The van der Waals surface area contributed by atoms with Gasteiger partial charge in [0.15, 0.2) is 5.11 Å². The second kappa shape index (κ2) is 7.22. The van der Waals surface area contributed by atoms with Gasteiger partial charge in [-0.15, -0.1) is 0 Å². The SMILES string of the molecule is COc1c(Cl)cc(Cl)cc1/C=C1\NC(=S)N(c2ccc(Cl)cc2)C1=O. The lowest BCUT2D eigenvalue weighted by molar-refractivity contribution is -0.113. The van der Waals surface area contributed by atoms with Gasteiger partial charge in [-0.3, -0.25) is 9.69 Å². The number of amides is 1. The summed E-state index contributed by atoms with van der Waals surface area (Å²) in [5, 5.41) is 4.52. The summed E-state index contributed by atoms with van der Waals surface area (Å²) in [5.41, 5.74) is 1.47. The minimum atomic E-state index is -0.300. The van der Waals surface area contributed by atoms with Gasteiger partial charge in [0.1, 0.15) is 11.4 Å². The van der Waals surface area contributed by atoms with Crippen molar-refractivity contribution in [1.29, 1.82) is 0 Å². The van der Waals surface area contributed by atoms with Gasteiger partial charge in [-0.2, -0.15) is 0 Å². The minimum Gasteiger partial charge on any atom is -0.495 e. The highest BCUT2D eigenvalue weighted by Crippen LogP contribution is 2.34. The molecule has 1 N–H and O–H groups in total. The number of nitrogens with one attached hydrogen (secondary N) is 1. The van der Waals surface area contributed by atoms with Crippen LogP contribution < -0.4 is 15.0 Å². The molecule has 2 aromatic carbocycles. The summed E-state index contributed by atoms with van der Waals surface area (Å²) < 4.78 is 5.29. The lowest BCUT2D eigenvalue weighted by Crippen LogP contribution is -2.30. The average Bonchev–Trinajstić information content (AvgIpc) is 2.82. The molecule has 1 saturated heterocycles. The summed E-state index contributed by atoms with van der Waals surface area (Å²) in [4.78, 5) is 14.1. The topological polar surface area (TPSA) is 41.6 Å². The van der Waals surface area contributed by atoms with Gasteiger partial charge in [0.2, 0.25) is 0 Å². The van der Waals surface area contributed by atoms with Crippen molar-refractivity contribution >= 4 is 69.8 Å². The van der Waals surface area contributed by atoms with Crippen LogP contribution in [0.3, 0.4) is 0 Å². The van der Waals surface area contributed by atoms with Crippen LogP contribution in [0.4, 0.5) is 5.69 Å². The molecule has 1 fully saturated rings. The van der Waals surface area contributed by atoms with Gasteiger partial charge in [-0.05, 0) is 54.7 Å². The predicted molar refractivity (Wildman–Crippen MR) is 106 cm³/mol. The van der Waals surface area contributed by atoms with Crippen molar-refractivity contribution in [2.45, 2.75) is 0 Å². The van der Waals surface area contributed by atoms with Crippen molar-refractivity contribution in [2.75, 3.05) is 12.0 Å². The molecule has 0 bridgehead atoms. The zero-order valence-corrected chi connectivity index (χ0v) is 15.9. The number of carbonyl (C=O) groups is 1. The summed E-state index contributed by atoms with van der Waals surface area (Å²) in [7, 11) is 1.49. The second-order valence-corrected chi connectivity index (χ2v) is 6.78. The van der Waals surface area contributed by atoms with Crippen LogP contribution >= 0.6 is 47.0 Å². The number of anilines is 1. The Balaban J connectivity index is 2.00. The number of hydrogen-bond donors (Lipinski definition) is 1. The zero-order valence-electron chi connectivity index (χ0n) is 12.8. The predicted octanol–water partition coefficient (Wildman–Crippen LogP) is 4.92. The number of rotatable bonds is 3. The fourth-order valence-electron chi connectivity index (χ4n) is 2.42. The van der Waals surface area contributed by atoms with E-state index < -0.39 is 0 Å². The van der Waals surface area contributed by atoms with E-state index in [-0.39, 0.29) is 16.7 Å². The first-order valence-electron chi connectivity index (χ1n) is 7.06. The first kappa shape index (κ1) is 18.0. The van der Waals surface area contributed by atoms with Gasteiger partial charge in [0.25, 0.3) is 5.91 Å². The monoisotopic (exact) mass is 412 g/mol. The van der Waals surface area contributed by atoms with Crippen LogP contribution in [0.25, 0.3) is 6.08 Å². The third-order valence-corrected chi connectivity index (χ3v) is 4.54. The van der Waals surface area contributed by atoms with E-state index in [0.29, 0.717) is 32.1 Å². The molecule has 1 heterocycles. The smallest absolute Gasteiger partial charge is 0.281 e. The van der Waals surface area contributed by atoms with Crippen molar-refractivity contribution < 1.29 is 9.53 Å². The highest BCUT2D eigenvalue weighted by atomic mass is 35.5. The maximum Gasteiger partial charge on any atom is 0.281 e. The number of nitrogens with zero attached hydrogens (tertiary/aromatic N) is 1. The van der Waals surface area contributed by atoms with E-state index in [1.165, 1.54) is 12.0 Å². The molecule has 0 unspecified atom stereocenters. The van der Waals surface area contributed by atoms with E-state index in [0.717, 1.165) is 0 Å². The Bertz CT molecular complexity index is 898. The molecule has 2 aromatic rings. The molecule has 4 nitrogen and oxygen atoms in total. The molecule has 0 saturated carbocycles. The summed E-state index contributed by atoms with van der Waals surface area (Å²) >= 11 is 23.3. The summed E-state index contributed by atoms with van der Waals surface area (Å²) in [6, 6.07) is 10.0. The number of halogens is 3. The molecular formula is C17H11Cl3N2O2S. The van der Waals surface area contributed by atoms with Gasteiger partial charge in [-0.1, -0.05) is 34.8 Å². The third-order valence-electron chi connectivity index (χ3n) is 3.50. The molecule has 0 spiro atoms. The molecule has 0 radical (unpaired) electrons.